The van der Waals surface area contributed by atoms with Gasteiger partial charge in [0, 0.05) is 13.0 Å². The van der Waals surface area contributed by atoms with Crippen LogP contribution in [0.4, 0.5) is 0 Å². The van der Waals surface area contributed by atoms with E-state index in [1.54, 1.807) is 0 Å². The third-order valence-electron chi connectivity index (χ3n) is 4.53. The monoisotopic (exact) mass is 270 g/mol. The summed E-state index contributed by atoms with van der Waals surface area (Å²) < 4.78 is 6.01. The molecule has 0 aromatic heterocycles. The minimum atomic E-state index is -0.546. The molecule has 1 aliphatic carbocycles. The van der Waals surface area contributed by atoms with Crippen molar-refractivity contribution in [1.82, 2.24) is 5.32 Å². The molecule has 0 aliphatic heterocycles. The number of likely N-dealkylation sites (N-methyl/N-ethyl adjacent to an activating group) is 1. The number of carbonyl (C=O) groups excluding carboxylic acids is 1. The number of rotatable bonds is 9. The summed E-state index contributed by atoms with van der Waals surface area (Å²) in [4.78, 5) is 11.5. The fourth-order valence-electron chi connectivity index (χ4n) is 2.89. The molecule has 0 spiro atoms. The lowest BCUT2D eigenvalue weighted by molar-refractivity contribution is -0.124. The van der Waals surface area contributed by atoms with Crippen LogP contribution in [-0.2, 0) is 9.53 Å². The molecule has 4 nitrogen and oxygen atoms in total. The van der Waals surface area contributed by atoms with E-state index in [0.29, 0.717) is 12.3 Å². The molecule has 0 saturated heterocycles. The minimum absolute atomic E-state index is 0.177. The summed E-state index contributed by atoms with van der Waals surface area (Å²) in [6, 6.07) is 0. The molecule has 3 N–H and O–H groups in total. The summed E-state index contributed by atoms with van der Waals surface area (Å²) >= 11 is 0. The highest BCUT2D eigenvalue weighted by molar-refractivity contribution is 5.85. The van der Waals surface area contributed by atoms with Crippen LogP contribution in [-0.4, -0.2) is 31.2 Å². The standard InChI is InChI=1S/C15H30N2O2/c1-4-6-7-12(5-2)11-19-13-8-9-15(10-13,17-3)14(16)18/h12-13,17H,4-11H2,1-3H3,(H2,16,18). The molecule has 0 aromatic rings. The van der Waals surface area contributed by atoms with E-state index in [9.17, 15) is 4.79 Å². The van der Waals surface area contributed by atoms with E-state index < -0.39 is 5.54 Å². The molecule has 0 aromatic carbocycles. The number of nitrogens with two attached hydrogens (primary N) is 1. The van der Waals surface area contributed by atoms with Crippen LogP contribution in [0.3, 0.4) is 0 Å². The van der Waals surface area contributed by atoms with E-state index >= 15 is 0 Å². The zero-order valence-corrected chi connectivity index (χ0v) is 12.7. The van der Waals surface area contributed by atoms with Crippen LogP contribution < -0.4 is 11.1 Å². The number of nitrogens with one attached hydrogen (secondary N) is 1. The van der Waals surface area contributed by atoms with Crippen LogP contribution in [0.25, 0.3) is 0 Å². The van der Waals surface area contributed by atoms with Gasteiger partial charge in [0.1, 0.15) is 0 Å². The summed E-state index contributed by atoms with van der Waals surface area (Å²) in [6.45, 7) is 5.26. The van der Waals surface area contributed by atoms with Gasteiger partial charge in [-0.05, 0) is 32.2 Å². The fourth-order valence-corrected chi connectivity index (χ4v) is 2.89. The summed E-state index contributed by atoms with van der Waals surface area (Å²) in [5, 5.41) is 3.09. The van der Waals surface area contributed by atoms with Gasteiger partial charge in [0.2, 0.25) is 5.91 Å². The van der Waals surface area contributed by atoms with Crippen molar-refractivity contribution in [2.24, 2.45) is 11.7 Å². The first-order valence-electron chi connectivity index (χ1n) is 7.68. The first-order chi connectivity index (χ1) is 9.07. The Hall–Kier alpha value is -0.610. The van der Waals surface area contributed by atoms with Gasteiger partial charge >= 0.3 is 0 Å². The van der Waals surface area contributed by atoms with Crippen LogP contribution in [0.5, 0.6) is 0 Å². The van der Waals surface area contributed by atoms with E-state index in [4.69, 9.17) is 10.5 Å². The maximum Gasteiger partial charge on any atom is 0.237 e. The van der Waals surface area contributed by atoms with Crippen molar-refractivity contribution < 1.29 is 9.53 Å². The Morgan fingerprint density at radius 2 is 2.26 bits per heavy atom. The van der Waals surface area contributed by atoms with Crippen molar-refractivity contribution in [3.8, 4) is 0 Å². The summed E-state index contributed by atoms with van der Waals surface area (Å²) in [7, 11) is 1.81. The first-order valence-corrected chi connectivity index (χ1v) is 7.68. The van der Waals surface area contributed by atoms with Gasteiger partial charge in [-0.25, -0.2) is 0 Å². The highest BCUT2D eigenvalue weighted by Crippen LogP contribution is 2.32. The minimum Gasteiger partial charge on any atom is -0.378 e. The second kappa shape index (κ2) is 7.85. The van der Waals surface area contributed by atoms with Crippen LogP contribution in [0.2, 0.25) is 0 Å². The third-order valence-corrected chi connectivity index (χ3v) is 4.53. The lowest BCUT2D eigenvalue weighted by Crippen LogP contribution is -2.52. The normalized spacial score (nSPS) is 28.5. The second-order valence-corrected chi connectivity index (χ2v) is 5.81. The van der Waals surface area contributed by atoms with E-state index in [1.807, 2.05) is 7.05 Å². The van der Waals surface area contributed by atoms with Gasteiger partial charge < -0.3 is 15.8 Å². The maximum absolute atomic E-state index is 11.5. The molecule has 1 saturated carbocycles. The van der Waals surface area contributed by atoms with Crippen molar-refractivity contribution >= 4 is 5.91 Å². The predicted octanol–water partition coefficient (Wildman–Crippen LogP) is 2.22. The van der Waals surface area contributed by atoms with Crippen molar-refractivity contribution in [3.05, 3.63) is 0 Å². The molecule has 1 amide bonds. The van der Waals surface area contributed by atoms with Crippen molar-refractivity contribution in [2.75, 3.05) is 13.7 Å². The molecule has 1 fully saturated rings. The van der Waals surface area contributed by atoms with Gasteiger partial charge in [-0.15, -0.1) is 0 Å². The predicted molar refractivity (Wildman–Crippen MR) is 77.9 cm³/mol. The molecule has 1 aliphatic rings. The Morgan fingerprint density at radius 1 is 1.53 bits per heavy atom. The van der Waals surface area contributed by atoms with E-state index in [-0.39, 0.29) is 12.0 Å². The highest BCUT2D eigenvalue weighted by atomic mass is 16.5. The zero-order valence-electron chi connectivity index (χ0n) is 12.7. The molecule has 0 bridgehead atoms. The van der Waals surface area contributed by atoms with E-state index in [2.05, 4.69) is 19.2 Å². The SMILES string of the molecule is CCCCC(CC)COC1CCC(NC)(C(N)=O)C1. The van der Waals surface area contributed by atoms with Crippen molar-refractivity contribution in [3.63, 3.8) is 0 Å². The van der Waals surface area contributed by atoms with Gasteiger partial charge in [-0.3, -0.25) is 4.79 Å². The van der Waals surface area contributed by atoms with E-state index in [0.717, 1.165) is 19.4 Å². The van der Waals surface area contributed by atoms with Gasteiger partial charge in [0.05, 0.1) is 11.6 Å². The number of hydrogen-bond donors (Lipinski definition) is 2. The third kappa shape index (κ3) is 4.46. The van der Waals surface area contributed by atoms with Gasteiger partial charge in [0.25, 0.3) is 0 Å². The number of amides is 1. The lowest BCUT2D eigenvalue weighted by Gasteiger charge is -2.25. The van der Waals surface area contributed by atoms with Crippen LogP contribution in [0.15, 0.2) is 0 Å². The van der Waals surface area contributed by atoms with Crippen LogP contribution in [0, 0.1) is 5.92 Å². The van der Waals surface area contributed by atoms with Gasteiger partial charge in [-0.2, -0.15) is 0 Å². The van der Waals surface area contributed by atoms with Crippen LogP contribution >= 0.6 is 0 Å². The first kappa shape index (κ1) is 16.4. The molecule has 19 heavy (non-hydrogen) atoms. The van der Waals surface area contributed by atoms with E-state index in [1.165, 1.54) is 25.7 Å². The number of ether oxygens (including phenoxy) is 1. The molecular formula is C15H30N2O2. The number of unbranched alkanes of at least 4 members (excludes halogenated alkanes) is 1. The highest BCUT2D eigenvalue weighted by Gasteiger charge is 2.43. The number of primary amides is 1. The van der Waals surface area contributed by atoms with Gasteiger partial charge in [0.15, 0.2) is 0 Å². The molecule has 3 unspecified atom stereocenters. The Balaban J connectivity index is 2.37. The quantitative estimate of drug-likeness (QED) is 0.675. The molecule has 0 heterocycles. The van der Waals surface area contributed by atoms with Crippen LogP contribution in [0.1, 0.15) is 58.8 Å². The molecule has 4 heteroatoms. The summed E-state index contributed by atoms with van der Waals surface area (Å²) in [6.07, 6.45) is 7.52. The molecule has 1 rings (SSSR count). The second-order valence-electron chi connectivity index (χ2n) is 5.81. The molecule has 3 atom stereocenters. The lowest BCUT2D eigenvalue weighted by atomic mass is 9.97. The Kier molecular flexibility index (Phi) is 6.80. The van der Waals surface area contributed by atoms with Crippen molar-refractivity contribution in [1.29, 1.82) is 0 Å². The molecule has 112 valence electrons. The summed E-state index contributed by atoms with van der Waals surface area (Å²) in [5.41, 5.74) is 4.95. The zero-order chi connectivity index (χ0) is 14.3. The fraction of sp³-hybridized carbons (Fsp3) is 0.933. The average molecular weight is 270 g/mol. The average Bonchev–Trinajstić information content (AvgIpc) is 2.84. The maximum atomic E-state index is 11.5. The Morgan fingerprint density at radius 3 is 2.74 bits per heavy atom. The summed E-state index contributed by atoms with van der Waals surface area (Å²) in [5.74, 6) is 0.400. The molecule has 0 radical (unpaired) electrons. The largest absolute Gasteiger partial charge is 0.378 e. The number of hydrogen-bond acceptors (Lipinski definition) is 3. The topological polar surface area (TPSA) is 64.3 Å². The van der Waals surface area contributed by atoms with Crippen molar-refractivity contribution in [2.45, 2.75) is 70.4 Å². The molecular weight excluding hydrogens is 240 g/mol. The number of carbonyl (C=O) groups is 1. The smallest absolute Gasteiger partial charge is 0.237 e. The Bertz CT molecular complexity index is 283. The Labute approximate surface area is 117 Å². The van der Waals surface area contributed by atoms with Gasteiger partial charge in [-0.1, -0.05) is 33.1 Å².